The van der Waals surface area contributed by atoms with Crippen molar-refractivity contribution in [2.75, 3.05) is 0 Å². The molecule has 2 aromatic rings. The first-order valence-corrected chi connectivity index (χ1v) is 11.2. The van der Waals surface area contributed by atoms with E-state index in [0.29, 0.717) is 10.9 Å². The quantitative estimate of drug-likeness (QED) is 0.553. The Balaban J connectivity index is 2.13. The van der Waals surface area contributed by atoms with Crippen molar-refractivity contribution < 1.29 is 4.43 Å². The molecule has 1 fully saturated rings. The Kier molecular flexibility index (Phi) is 4.82. The second kappa shape index (κ2) is 6.54. The Morgan fingerprint density at radius 1 is 0.870 bits per heavy atom. The Morgan fingerprint density at radius 2 is 1.30 bits per heavy atom. The summed E-state index contributed by atoms with van der Waals surface area (Å²) in [4.78, 5) is 0.616. The second-order valence-corrected chi connectivity index (χ2v) is 13.0. The van der Waals surface area contributed by atoms with Crippen LogP contribution in [0.15, 0.2) is 60.7 Å². The van der Waals surface area contributed by atoms with E-state index in [9.17, 15) is 0 Å². The summed E-state index contributed by atoms with van der Waals surface area (Å²) < 4.78 is 6.99. The van der Waals surface area contributed by atoms with E-state index in [0.717, 1.165) is 12.8 Å². The van der Waals surface area contributed by atoms with Gasteiger partial charge in [-0.2, -0.15) is 0 Å². The van der Waals surface area contributed by atoms with Crippen LogP contribution in [0, 0.1) is 0 Å². The van der Waals surface area contributed by atoms with Crippen molar-refractivity contribution in [3.8, 4) is 0 Å². The van der Waals surface area contributed by atoms with Crippen LogP contribution in [0.25, 0.3) is 0 Å². The highest BCUT2D eigenvalue weighted by Crippen LogP contribution is 2.41. The molecule has 1 aliphatic carbocycles. The standard InChI is InChI=1S/C20H25BrOSi/c1-20(2,3)23(18-10-6-4-7-11-18,19-12-8-5-9-13-19)22-17-14-16(21)15-17/h4-13,16-17H,14-15H2,1-3H3. The molecule has 3 rings (SSSR count). The van der Waals surface area contributed by atoms with E-state index in [-0.39, 0.29) is 5.04 Å². The molecule has 1 saturated carbocycles. The first-order chi connectivity index (χ1) is 10.9. The first kappa shape index (κ1) is 16.9. The van der Waals surface area contributed by atoms with Crippen LogP contribution in [-0.2, 0) is 4.43 Å². The fraction of sp³-hybridized carbons (Fsp3) is 0.400. The summed E-state index contributed by atoms with van der Waals surface area (Å²) in [6.07, 6.45) is 2.60. The third-order valence-corrected chi connectivity index (χ3v) is 10.6. The largest absolute Gasteiger partial charge is 0.404 e. The van der Waals surface area contributed by atoms with Crippen LogP contribution in [0.2, 0.25) is 5.04 Å². The smallest absolute Gasteiger partial charge is 0.261 e. The van der Waals surface area contributed by atoms with Crippen LogP contribution in [0.1, 0.15) is 33.6 Å². The molecule has 1 nitrogen and oxygen atoms in total. The van der Waals surface area contributed by atoms with Crippen LogP contribution in [0.5, 0.6) is 0 Å². The molecular weight excluding hydrogens is 364 g/mol. The molecule has 1 aliphatic rings. The highest BCUT2D eigenvalue weighted by Gasteiger charge is 2.52. The summed E-state index contributed by atoms with van der Waals surface area (Å²) >= 11 is 3.71. The predicted molar refractivity (Wildman–Crippen MR) is 104 cm³/mol. The zero-order valence-electron chi connectivity index (χ0n) is 14.1. The Morgan fingerprint density at radius 3 is 1.65 bits per heavy atom. The normalized spacial score (nSPS) is 21.7. The van der Waals surface area contributed by atoms with Crippen molar-refractivity contribution >= 4 is 34.6 Å². The Hall–Kier alpha value is -0.903. The molecule has 0 bridgehead atoms. The lowest BCUT2D eigenvalue weighted by Gasteiger charge is -2.48. The fourth-order valence-electron chi connectivity index (χ4n) is 3.54. The first-order valence-electron chi connectivity index (χ1n) is 8.36. The van der Waals surface area contributed by atoms with E-state index in [2.05, 4.69) is 97.4 Å². The van der Waals surface area contributed by atoms with Gasteiger partial charge in [0.1, 0.15) is 0 Å². The predicted octanol–water partition coefficient (Wildman–Crippen LogP) is 4.49. The minimum absolute atomic E-state index is 0.0765. The second-order valence-electron chi connectivity index (χ2n) is 7.47. The maximum absolute atomic E-state index is 6.99. The zero-order chi connectivity index (χ0) is 16.5. The SMILES string of the molecule is CC(C)(C)[Si](OC1CC(Br)C1)(c1ccccc1)c1ccccc1. The Labute approximate surface area is 149 Å². The molecule has 122 valence electrons. The van der Waals surface area contributed by atoms with Gasteiger partial charge in [-0.25, -0.2) is 0 Å². The summed E-state index contributed by atoms with van der Waals surface area (Å²) in [5.41, 5.74) is 0. The van der Waals surface area contributed by atoms with Gasteiger partial charge in [-0.1, -0.05) is 97.4 Å². The highest BCUT2D eigenvalue weighted by atomic mass is 79.9. The number of hydrogen-bond donors (Lipinski definition) is 0. The van der Waals surface area contributed by atoms with Crippen molar-refractivity contribution in [3.63, 3.8) is 0 Å². The van der Waals surface area contributed by atoms with Crippen molar-refractivity contribution in [3.05, 3.63) is 60.7 Å². The van der Waals surface area contributed by atoms with Crippen molar-refractivity contribution in [1.82, 2.24) is 0 Å². The van der Waals surface area contributed by atoms with Gasteiger partial charge in [0.15, 0.2) is 0 Å². The average molecular weight is 389 g/mol. The van der Waals surface area contributed by atoms with Gasteiger partial charge in [0.25, 0.3) is 8.32 Å². The third kappa shape index (κ3) is 3.19. The van der Waals surface area contributed by atoms with Crippen LogP contribution in [-0.4, -0.2) is 19.2 Å². The summed E-state index contributed by atoms with van der Waals surface area (Å²) in [5, 5.41) is 2.82. The minimum atomic E-state index is -2.33. The molecule has 0 atom stereocenters. The third-order valence-electron chi connectivity index (χ3n) is 4.80. The summed E-state index contributed by atoms with van der Waals surface area (Å²) in [6, 6.07) is 21.8. The van der Waals surface area contributed by atoms with Gasteiger partial charge in [-0.15, -0.1) is 0 Å². The van der Waals surface area contributed by atoms with Gasteiger partial charge in [0, 0.05) is 10.9 Å². The van der Waals surface area contributed by atoms with Gasteiger partial charge < -0.3 is 4.43 Å². The van der Waals surface area contributed by atoms with E-state index < -0.39 is 8.32 Å². The van der Waals surface area contributed by atoms with Gasteiger partial charge >= 0.3 is 0 Å². The van der Waals surface area contributed by atoms with Gasteiger partial charge in [-0.05, 0) is 28.3 Å². The monoisotopic (exact) mass is 388 g/mol. The van der Waals surface area contributed by atoms with Crippen LogP contribution >= 0.6 is 15.9 Å². The van der Waals surface area contributed by atoms with Crippen LogP contribution in [0.4, 0.5) is 0 Å². The van der Waals surface area contributed by atoms with Gasteiger partial charge in [0.05, 0.1) is 0 Å². The average Bonchev–Trinajstić information content (AvgIpc) is 2.51. The molecule has 0 amide bonds. The minimum Gasteiger partial charge on any atom is -0.404 e. The van der Waals surface area contributed by atoms with E-state index in [1.807, 2.05) is 0 Å². The van der Waals surface area contributed by atoms with Crippen molar-refractivity contribution in [2.45, 2.75) is 49.6 Å². The number of rotatable bonds is 4. The lowest BCUT2D eigenvalue weighted by molar-refractivity contribution is 0.117. The van der Waals surface area contributed by atoms with E-state index in [1.54, 1.807) is 0 Å². The van der Waals surface area contributed by atoms with Crippen LogP contribution in [0.3, 0.4) is 0 Å². The molecule has 0 N–H and O–H groups in total. The number of hydrogen-bond acceptors (Lipinski definition) is 1. The molecular formula is C20H25BrOSi. The number of alkyl halides is 1. The molecule has 0 spiro atoms. The molecule has 0 aliphatic heterocycles. The molecule has 23 heavy (non-hydrogen) atoms. The maximum Gasteiger partial charge on any atom is 0.261 e. The maximum atomic E-state index is 6.99. The fourth-order valence-corrected chi connectivity index (χ4v) is 9.08. The van der Waals surface area contributed by atoms with E-state index in [4.69, 9.17) is 4.43 Å². The molecule has 0 heterocycles. The zero-order valence-corrected chi connectivity index (χ0v) is 16.7. The topological polar surface area (TPSA) is 9.23 Å². The van der Waals surface area contributed by atoms with Crippen LogP contribution < -0.4 is 10.4 Å². The molecule has 3 heteroatoms. The summed E-state index contributed by atoms with van der Waals surface area (Å²) in [5.74, 6) is 0. The van der Waals surface area contributed by atoms with Crippen molar-refractivity contribution in [2.24, 2.45) is 0 Å². The summed E-state index contributed by atoms with van der Waals surface area (Å²) in [7, 11) is -2.33. The number of benzene rings is 2. The lowest BCUT2D eigenvalue weighted by atomic mass is 9.96. The van der Waals surface area contributed by atoms with E-state index in [1.165, 1.54) is 10.4 Å². The van der Waals surface area contributed by atoms with E-state index >= 15 is 0 Å². The van der Waals surface area contributed by atoms with Gasteiger partial charge in [-0.3, -0.25) is 0 Å². The van der Waals surface area contributed by atoms with Crippen molar-refractivity contribution in [1.29, 1.82) is 0 Å². The molecule has 0 radical (unpaired) electrons. The number of halogens is 1. The molecule has 2 aromatic carbocycles. The lowest BCUT2D eigenvalue weighted by Crippen LogP contribution is -2.68. The Bertz CT molecular complexity index is 590. The highest BCUT2D eigenvalue weighted by molar-refractivity contribution is 9.09. The molecule has 0 saturated heterocycles. The molecule has 0 unspecified atom stereocenters. The molecule has 0 aromatic heterocycles. The summed E-state index contributed by atoms with van der Waals surface area (Å²) in [6.45, 7) is 7.01. The van der Waals surface area contributed by atoms with Gasteiger partial charge in [0.2, 0.25) is 0 Å².